The molecule has 6 heteroatoms. The standard InChI is InChI=1S/C15H24N4O2/c1-11-17-7-4-13(18-11)19-8-5-12(6-9-19)10-15(2,3)21-14(16)20/h4,7,12H,5-6,8-10H2,1-3H3,(H2,16,20). The molecule has 0 spiro atoms. The fourth-order valence-electron chi connectivity index (χ4n) is 3.00. The summed E-state index contributed by atoms with van der Waals surface area (Å²) < 4.78 is 5.17. The highest BCUT2D eigenvalue weighted by Gasteiger charge is 2.29. The van der Waals surface area contributed by atoms with Crippen molar-refractivity contribution in [3.05, 3.63) is 18.1 Å². The molecule has 0 saturated carbocycles. The normalized spacial score (nSPS) is 16.8. The van der Waals surface area contributed by atoms with E-state index in [1.54, 1.807) is 6.20 Å². The lowest BCUT2D eigenvalue weighted by Gasteiger charge is -2.36. The smallest absolute Gasteiger partial charge is 0.405 e. The second-order valence-corrected chi connectivity index (χ2v) is 6.28. The van der Waals surface area contributed by atoms with Crippen LogP contribution in [0, 0.1) is 12.8 Å². The number of carbonyl (C=O) groups is 1. The lowest BCUT2D eigenvalue weighted by Crippen LogP contribution is -2.39. The maximum atomic E-state index is 10.9. The van der Waals surface area contributed by atoms with Gasteiger partial charge in [-0.15, -0.1) is 0 Å². The van der Waals surface area contributed by atoms with Crippen LogP contribution in [0.25, 0.3) is 0 Å². The minimum absolute atomic E-state index is 0.496. The number of hydrogen-bond donors (Lipinski definition) is 1. The van der Waals surface area contributed by atoms with E-state index in [4.69, 9.17) is 10.5 Å². The highest BCUT2D eigenvalue weighted by atomic mass is 16.6. The minimum atomic E-state index is -0.700. The highest BCUT2D eigenvalue weighted by molar-refractivity contribution is 5.65. The Labute approximate surface area is 125 Å². The molecule has 1 aromatic heterocycles. The molecule has 1 amide bonds. The Balaban J connectivity index is 1.87. The number of nitrogens with two attached hydrogens (primary N) is 1. The van der Waals surface area contributed by atoms with E-state index in [-0.39, 0.29) is 0 Å². The Morgan fingerprint density at radius 2 is 2.14 bits per heavy atom. The molecule has 2 N–H and O–H groups in total. The molecule has 2 heterocycles. The predicted molar refractivity (Wildman–Crippen MR) is 81.1 cm³/mol. The van der Waals surface area contributed by atoms with Gasteiger partial charge in [-0.3, -0.25) is 0 Å². The molecule has 21 heavy (non-hydrogen) atoms. The molecule has 0 radical (unpaired) electrons. The molecule has 0 aliphatic carbocycles. The number of aromatic nitrogens is 2. The summed E-state index contributed by atoms with van der Waals surface area (Å²) in [6.45, 7) is 7.66. The first kappa shape index (κ1) is 15.5. The maximum Gasteiger partial charge on any atom is 0.405 e. The molecule has 6 nitrogen and oxygen atoms in total. The van der Waals surface area contributed by atoms with Crippen molar-refractivity contribution in [1.82, 2.24) is 9.97 Å². The van der Waals surface area contributed by atoms with Gasteiger partial charge in [0, 0.05) is 19.3 Å². The van der Waals surface area contributed by atoms with Gasteiger partial charge in [0.25, 0.3) is 0 Å². The topological polar surface area (TPSA) is 81.3 Å². The molecular formula is C15H24N4O2. The number of amides is 1. The quantitative estimate of drug-likeness (QED) is 0.920. The van der Waals surface area contributed by atoms with Crippen LogP contribution < -0.4 is 10.6 Å². The molecule has 1 saturated heterocycles. The third kappa shape index (κ3) is 4.58. The summed E-state index contributed by atoms with van der Waals surface area (Å²) >= 11 is 0. The summed E-state index contributed by atoms with van der Waals surface area (Å²) in [6.07, 6.45) is 4.07. The monoisotopic (exact) mass is 292 g/mol. The van der Waals surface area contributed by atoms with E-state index in [0.29, 0.717) is 5.92 Å². The third-order valence-corrected chi connectivity index (χ3v) is 3.86. The largest absolute Gasteiger partial charge is 0.444 e. The maximum absolute atomic E-state index is 10.9. The van der Waals surface area contributed by atoms with E-state index in [0.717, 1.165) is 44.0 Å². The van der Waals surface area contributed by atoms with Crippen LogP contribution in [0.5, 0.6) is 0 Å². The van der Waals surface area contributed by atoms with Gasteiger partial charge in [-0.05, 0) is 52.0 Å². The van der Waals surface area contributed by atoms with Crippen molar-refractivity contribution in [2.75, 3.05) is 18.0 Å². The van der Waals surface area contributed by atoms with Gasteiger partial charge in [0.2, 0.25) is 0 Å². The van der Waals surface area contributed by atoms with Gasteiger partial charge >= 0.3 is 6.09 Å². The molecular weight excluding hydrogens is 268 g/mol. The summed E-state index contributed by atoms with van der Waals surface area (Å²) in [5.74, 6) is 2.33. The molecule has 1 aromatic rings. The van der Waals surface area contributed by atoms with E-state index >= 15 is 0 Å². The van der Waals surface area contributed by atoms with Crippen molar-refractivity contribution in [2.24, 2.45) is 11.7 Å². The third-order valence-electron chi connectivity index (χ3n) is 3.86. The number of aryl methyl sites for hydroxylation is 1. The lowest BCUT2D eigenvalue weighted by molar-refractivity contribution is 0.0236. The summed E-state index contributed by atoms with van der Waals surface area (Å²) in [4.78, 5) is 21.8. The number of nitrogens with zero attached hydrogens (tertiary/aromatic N) is 3. The number of anilines is 1. The van der Waals surface area contributed by atoms with Gasteiger partial charge in [0.1, 0.15) is 17.2 Å². The fourth-order valence-corrected chi connectivity index (χ4v) is 3.00. The number of hydrogen-bond acceptors (Lipinski definition) is 5. The van der Waals surface area contributed by atoms with Crippen molar-refractivity contribution in [2.45, 2.75) is 45.6 Å². The Hall–Kier alpha value is -1.85. The minimum Gasteiger partial charge on any atom is -0.444 e. The number of piperidine rings is 1. The van der Waals surface area contributed by atoms with Crippen LogP contribution in [-0.2, 0) is 4.74 Å². The van der Waals surface area contributed by atoms with E-state index in [2.05, 4.69) is 14.9 Å². The van der Waals surface area contributed by atoms with Gasteiger partial charge in [-0.2, -0.15) is 0 Å². The summed E-state index contributed by atoms with van der Waals surface area (Å²) in [5, 5.41) is 0. The molecule has 0 aromatic carbocycles. The summed E-state index contributed by atoms with van der Waals surface area (Å²) in [7, 11) is 0. The lowest BCUT2D eigenvalue weighted by atomic mass is 9.86. The highest BCUT2D eigenvalue weighted by Crippen LogP contribution is 2.29. The zero-order valence-electron chi connectivity index (χ0n) is 13.0. The van der Waals surface area contributed by atoms with E-state index in [9.17, 15) is 4.79 Å². The van der Waals surface area contributed by atoms with Crippen LogP contribution in [0.3, 0.4) is 0 Å². The second-order valence-electron chi connectivity index (χ2n) is 6.28. The number of rotatable bonds is 4. The van der Waals surface area contributed by atoms with Crippen molar-refractivity contribution in [1.29, 1.82) is 0 Å². The Morgan fingerprint density at radius 1 is 1.48 bits per heavy atom. The number of primary amides is 1. The first-order valence-electron chi connectivity index (χ1n) is 7.39. The van der Waals surface area contributed by atoms with E-state index in [1.165, 1.54) is 0 Å². The Morgan fingerprint density at radius 3 is 2.71 bits per heavy atom. The van der Waals surface area contributed by atoms with Crippen LogP contribution in [0.1, 0.15) is 38.9 Å². The van der Waals surface area contributed by atoms with Crippen molar-refractivity contribution in [3.8, 4) is 0 Å². The van der Waals surface area contributed by atoms with Crippen LogP contribution in [0.15, 0.2) is 12.3 Å². The molecule has 0 unspecified atom stereocenters. The first-order valence-corrected chi connectivity index (χ1v) is 7.39. The van der Waals surface area contributed by atoms with Gasteiger partial charge in [0.15, 0.2) is 0 Å². The second kappa shape index (κ2) is 6.28. The zero-order chi connectivity index (χ0) is 15.5. The van der Waals surface area contributed by atoms with Crippen LogP contribution in [0.2, 0.25) is 0 Å². The van der Waals surface area contributed by atoms with Crippen LogP contribution >= 0.6 is 0 Å². The van der Waals surface area contributed by atoms with Crippen molar-refractivity contribution >= 4 is 11.9 Å². The molecule has 1 aliphatic heterocycles. The number of ether oxygens (including phenoxy) is 1. The zero-order valence-corrected chi connectivity index (χ0v) is 13.0. The van der Waals surface area contributed by atoms with Crippen molar-refractivity contribution < 1.29 is 9.53 Å². The average molecular weight is 292 g/mol. The SMILES string of the molecule is Cc1nccc(N2CCC(CC(C)(C)OC(N)=O)CC2)n1. The van der Waals surface area contributed by atoms with Crippen molar-refractivity contribution in [3.63, 3.8) is 0 Å². The van der Waals surface area contributed by atoms with Gasteiger partial charge in [-0.1, -0.05) is 0 Å². The molecule has 1 aliphatic rings. The van der Waals surface area contributed by atoms with Gasteiger partial charge < -0.3 is 15.4 Å². The molecule has 2 rings (SSSR count). The Kier molecular flexibility index (Phi) is 4.65. The number of carbonyl (C=O) groups excluding carboxylic acids is 1. The first-order chi connectivity index (χ1) is 9.85. The fraction of sp³-hybridized carbons (Fsp3) is 0.667. The van der Waals surface area contributed by atoms with Crippen LogP contribution in [-0.4, -0.2) is 34.8 Å². The average Bonchev–Trinajstić information content (AvgIpc) is 2.37. The molecule has 116 valence electrons. The van der Waals surface area contributed by atoms with E-state index < -0.39 is 11.7 Å². The molecule has 0 atom stereocenters. The van der Waals surface area contributed by atoms with Gasteiger partial charge in [-0.25, -0.2) is 14.8 Å². The van der Waals surface area contributed by atoms with Gasteiger partial charge in [0.05, 0.1) is 0 Å². The summed E-state index contributed by atoms with van der Waals surface area (Å²) in [6, 6.07) is 1.95. The Bertz CT molecular complexity index is 496. The molecule has 0 bridgehead atoms. The summed E-state index contributed by atoms with van der Waals surface area (Å²) in [5.41, 5.74) is 4.62. The van der Waals surface area contributed by atoms with Crippen LogP contribution in [0.4, 0.5) is 10.6 Å². The van der Waals surface area contributed by atoms with E-state index in [1.807, 2.05) is 26.8 Å². The predicted octanol–water partition coefficient (Wildman–Crippen LogP) is 2.27. The molecule has 1 fully saturated rings.